The Morgan fingerprint density at radius 2 is 1.68 bits per heavy atom. The van der Waals surface area contributed by atoms with Gasteiger partial charge in [-0.25, -0.2) is 0 Å². The lowest BCUT2D eigenvalue weighted by Crippen LogP contribution is -2.53. The van der Waals surface area contributed by atoms with Gasteiger partial charge in [-0.1, -0.05) is 34.6 Å². The maximum Gasteiger partial charge on any atom is 0.237 e. The Balaban J connectivity index is 0. The van der Waals surface area contributed by atoms with Crippen molar-refractivity contribution in [3.8, 4) is 0 Å². The minimum Gasteiger partial charge on any atom is -0.351 e. The third-order valence-electron chi connectivity index (χ3n) is 4.08. The van der Waals surface area contributed by atoms with Gasteiger partial charge in [-0.05, 0) is 30.6 Å². The molecule has 0 aromatic carbocycles. The number of nitrogens with two attached hydrogens (primary N) is 1. The zero-order chi connectivity index (χ0) is 15.5. The molecule has 3 N–H and O–H groups in total. The van der Waals surface area contributed by atoms with E-state index in [9.17, 15) is 4.79 Å². The first-order valence-corrected chi connectivity index (χ1v) is 7.88. The molecule has 134 valence electrons. The highest BCUT2D eigenvalue weighted by Crippen LogP contribution is 2.21. The molecule has 0 radical (unpaired) electrons. The van der Waals surface area contributed by atoms with Crippen LogP contribution >= 0.6 is 24.8 Å². The molecular formula is C16H35Cl2N3O. The summed E-state index contributed by atoms with van der Waals surface area (Å²) in [6, 6.07) is -0.308. The van der Waals surface area contributed by atoms with Gasteiger partial charge in [0.15, 0.2) is 0 Å². The van der Waals surface area contributed by atoms with Crippen molar-refractivity contribution < 1.29 is 4.79 Å². The fraction of sp³-hybridized carbons (Fsp3) is 0.938. The average molecular weight is 356 g/mol. The van der Waals surface area contributed by atoms with Crippen molar-refractivity contribution in [3.05, 3.63) is 0 Å². The Morgan fingerprint density at radius 3 is 2.09 bits per heavy atom. The quantitative estimate of drug-likeness (QED) is 0.814. The molecular weight excluding hydrogens is 321 g/mol. The molecule has 22 heavy (non-hydrogen) atoms. The van der Waals surface area contributed by atoms with Crippen molar-refractivity contribution in [3.63, 3.8) is 0 Å². The first-order chi connectivity index (χ1) is 9.09. The molecule has 1 aliphatic rings. The van der Waals surface area contributed by atoms with E-state index in [1.165, 1.54) is 6.42 Å². The van der Waals surface area contributed by atoms with E-state index >= 15 is 0 Å². The summed E-state index contributed by atoms with van der Waals surface area (Å²) in [6.45, 7) is 15.9. The number of hydrogen-bond donors (Lipinski definition) is 2. The topological polar surface area (TPSA) is 58.4 Å². The number of halogens is 2. The van der Waals surface area contributed by atoms with Crippen LogP contribution in [0.5, 0.6) is 0 Å². The molecule has 1 rings (SSSR count). The van der Waals surface area contributed by atoms with Crippen molar-refractivity contribution >= 4 is 30.7 Å². The van der Waals surface area contributed by atoms with Crippen LogP contribution in [0.4, 0.5) is 0 Å². The number of rotatable bonds is 4. The van der Waals surface area contributed by atoms with E-state index in [-0.39, 0.29) is 42.2 Å². The summed E-state index contributed by atoms with van der Waals surface area (Å²) in [5.41, 5.74) is 5.80. The number of piperidine rings is 1. The molecule has 6 heteroatoms. The van der Waals surface area contributed by atoms with Crippen LogP contribution in [0.2, 0.25) is 0 Å². The Bertz CT molecular complexity index is 324. The summed E-state index contributed by atoms with van der Waals surface area (Å²) < 4.78 is 0. The van der Waals surface area contributed by atoms with Crippen molar-refractivity contribution in [1.82, 2.24) is 10.2 Å². The number of carbonyl (C=O) groups is 1. The van der Waals surface area contributed by atoms with Crippen LogP contribution in [0.15, 0.2) is 0 Å². The van der Waals surface area contributed by atoms with Gasteiger partial charge in [-0.2, -0.15) is 0 Å². The number of hydrogen-bond acceptors (Lipinski definition) is 3. The second-order valence-corrected chi connectivity index (χ2v) is 7.92. The SMILES string of the molecule is CC1CC(C)CN(CC(C)NC(=O)[C@@H](N)C(C)(C)C)C1.Cl.Cl. The highest BCUT2D eigenvalue weighted by Gasteiger charge is 2.29. The lowest BCUT2D eigenvalue weighted by atomic mass is 9.87. The monoisotopic (exact) mass is 355 g/mol. The van der Waals surface area contributed by atoms with Gasteiger partial charge in [0.1, 0.15) is 0 Å². The molecule has 1 saturated heterocycles. The lowest BCUT2D eigenvalue weighted by Gasteiger charge is -2.37. The van der Waals surface area contributed by atoms with Crippen LogP contribution in [0, 0.1) is 17.3 Å². The zero-order valence-electron chi connectivity index (χ0n) is 14.9. The first kappa shape index (κ1) is 24.2. The Kier molecular flexibility index (Phi) is 11.0. The van der Waals surface area contributed by atoms with E-state index in [1.54, 1.807) is 0 Å². The van der Waals surface area contributed by atoms with Crippen molar-refractivity contribution in [1.29, 1.82) is 0 Å². The summed E-state index contributed by atoms with van der Waals surface area (Å²) >= 11 is 0. The van der Waals surface area contributed by atoms with E-state index in [1.807, 2.05) is 20.8 Å². The van der Waals surface area contributed by atoms with E-state index < -0.39 is 6.04 Å². The fourth-order valence-corrected chi connectivity index (χ4v) is 3.10. The molecule has 0 aromatic heterocycles. The molecule has 3 unspecified atom stereocenters. The molecule has 4 nitrogen and oxygen atoms in total. The summed E-state index contributed by atoms with van der Waals surface area (Å²) in [4.78, 5) is 14.6. The van der Waals surface area contributed by atoms with Crippen LogP contribution in [0.1, 0.15) is 48.0 Å². The number of amides is 1. The second-order valence-electron chi connectivity index (χ2n) is 7.92. The van der Waals surface area contributed by atoms with Crippen LogP contribution in [-0.4, -0.2) is 42.5 Å². The van der Waals surface area contributed by atoms with E-state index in [4.69, 9.17) is 5.73 Å². The lowest BCUT2D eigenvalue weighted by molar-refractivity contribution is -0.125. The average Bonchev–Trinajstić information content (AvgIpc) is 2.24. The third kappa shape index (κ3) is 8.00. The maximum absolute atomic E-state index is 12.1. The molecule has 0 bridgehead atoms. The Labute approximate surface area is 148 Å². The van der Waals surface area contributed by atoms with Gasteiger partial charge in [0.2, 0.25) is 5.91 Å². The minimum atomic E-state index is -0.454. The summed E-state index contributed by atoms with van der Waals surface area (Å²) in [5, 5.41) is 3.06. The molecule has 0 spiro atoms. The smallest absolute Gasteiger partial charge is 0.237 e. The van der Waals surface area contributed by atoms with Crippen molar-refractivity contribution in [2.75, 3.05) is 19.6 Å². The molecule has 1 amide bonds. The van der Waals surface area contributed by atoms with Gasteiger partial charge < -0.3 is 16.0 Å². The van der Waals surface area contributed by atoms with Crippen LogP contribution in [0.3, 0.4) is 0 Å². The number of nitrogens with one attached hydrogen (secondary N) is 1. The van der Waals surface area contributed by atoms with Gasteiger partial charge in [0.25, 0.3) is 0 Å². The van der Waals surface area contributed by atoms with Crippen LogP contribution < -0.4 is 11.1 Å². The highest BCUT2D eigenvalue weighted by molar-refractivity contribution is 5.85. The largest absolute Gasteiger partial charge is 0.351 e. The fourth-order valence-electron chi connectivity index (χ4n) is 3.10. The van der Waals surface area contributed by atoms with Gasteiger partial charge in [-0.15, -0.1) is 24.8 Å². The summed E-state index contributed by atoms with van der Waals surface area (Å²) in [6.07, 6.45) is 1.31. The molecule has 1 aliphatic heterocycles. The Morgan fingerprint density at radius 1 is 1.23 bits per heavy atom. The van der Waals surface area contributed by atoms with Gasteiger partial charge in [0.05, 0.1) is 6.04 Å². The predicted octanol–water partition coefficient (Wildman–Crippen LogP) is 2.69. The number of carbonyl (C=O) groups excluding carboxylic acids is 1. The van der Waals surface area contributed by atoms with Crippen molar-refractivity contribution in [2.24, 2.45) is 23.0 Å². The highest BCUT2D eigenvalue weighted by atomic mass is 35.5. The standard InChI is InChI=1S/C16H33N3O.2ClH/c1-11-7-12(2)9-19(8-11)10-13(3)18-15(20)14(17)16(4,5)6;;/h11-14H,7-10,17H2,1-6H3,(H,18,20);2*1H/t11?,12?,13?,14-;;/m1../s1. The first-order valence-electron chi connectivity index (χ1n) is 7.88. The number of nitrogens with zero attached hydrogens (tertiary/aromatic N) is 1. The molecule has 0 aliphatic carbocycles. The normalized spacial score (nSPS) is 25.4. The second kappa shape index (κ2) is 9.96. The van der Waals surface area contributed by atoms with Crippen molar-refractivity contribution in [2.45, 2.75) is 60.0 Å². The predicted molar refractivity (Wildman–Crippen MR) is 98.9 cm³/mol. The van der Waals surface area contributed by atoms with Gasteiger partial charge >= 0.3 is 0 Å². The van der Waals surface area contributed by atoms with E-state index in [0.29, 0.717) is 0 Å². The summed E-state index contributed by atoms with van der Waals surface area (Å²) in [7, 11) is 0. The molecule has 1 heterocycles. The molecule has 0 aromatic rings. The maximum atomic E-state index is 12.1. The summed E-state index contributed by atoms with van der Waals surface area (Å²) in [5.74, 6) is 1.46. The third-order valence-corrected chi connectivity index (χ3v) is 4.08. The van der Waals surface area contributed by atoms with Gasteiger partial charge in [0, 0.05) is 25.7 Å². The zero-order valence-corrected chi connectivity index (χ0v) is 16.5. The van der Waals surface area contributed by atoms with Gasteiger partial charge in [-0.3, -0.25) is 4.79 Å². The van der Waals surface area contributed by atoms with E-state index in [2.05, 4.69) is 31.0 Å². The molecule has 4 atom stereocenters. The van der Waals surface area contributed by atoms with E-state index in [0.717, 1.165) is 31.5 Å². The molecule has 1 fully saturated rings. The van der Waals surface area contributed by atoms with Crippen LogP contribution in [0.25, 0.3) is 0 Å². The van der Waals surface area contributed by atoms with Crippen LogP contribution in [-0.2, 0) is 4.79 Å². The molecule has 0 saturated carbocycles. The Hall–Kier alpha value is -0.0300. The minimum absolute atomic E-state index is 0. The number of likely N-dealkylation sites (tertiary alicyclic amines) is 1.